The van der Waals surface area contributed by atoms with Crippen LogP contribution in [0.25, 0.3) is 5.57 Å². The van der Waals surface area contributed by atoms with E-state index in [4.69, 9.17) is 18.9 Å². The first-order valence-electron chi connectivity index (χ1n) is 10.4. The minimum Gasteiger partial charge on any atom is -0.497 e. The number of carbonyl (C=O) groups excluding carboxylic acids is 2. The Bertz CT molecular complexity index is 1280. The lowest BCUT2D eigenvalue weighted by Gasteiger charge is -2.17. The van der Waals surface area contributed by atoms with E-state index in [1.807, 2.05) is 0 Å². The Hall–Kier alpha value is -4.46. The number of nitrogens with one attached hydrogen (secondary N) is 1. The highest BCUT2D eigenvalue weighted by Gasteiger charge is 2.41. The Labute approximate surface area is 197 Å². The molecule has 1 N–H and O–H groups in total. The van der Waals surface area contributed by atoms with Gasteiger partial charge in [0.25, 0.3) is 11.8 Å². The third kappa shape index (κ3) is 4.01. The quantitative estimate of drug-likeness (QED) is 0.506. The van der Waals surface area contributed by atoms with Gasteiger partial charge in [-0.05, 0) is 30.3 Å². The summed E-state index contributed by atoms with van der Waals surface area (Å²) >= 11 is 0. The Morgan fingerprint density at radius 3 is 2.09 bits per heavy atom. The number of imide groups is 1. The third-order valence-corrected chi connectivity index (χ3v) is 5.44. The zero-order valence-electron chi connectivity index (χ0n) is 19.2. The number of ether oxygens (including phenoxy) is 4. The predicted octanol–water partition coefficient (Wildman–Crippen LogP) is 4.12. The highest BCUT2D eigenvalue weighted by Crippen LogP contribution is 2.39. The van der Waals surface area contributed by atoms with E-state index in [1.54, 1.807) is 73.8 Å². The maximum Gasteiger partial charge on any atom is 0.282 e. The van der Waals surface area contributed by atoms with Crippen LogP contribution in [0.1, 0.15) is 5.56 Å². The molecule has 0 unspecified atom stereocenters. The van der Waals surface area contributed by atoms with E-state index in [1.165, 1.54) is 21.3 Å². The van der Waals surface area contributed by atoms with Gasteiger partial charge < -0.3 is 24.3 Å². The lowest BCUT2D eigenvalue weighted by Crippen LogP contribution is -2.32. The summed E-state index contributed by atoms with van der Waals surface area (Å²) in [5, 5.41) is 3.12. The molecule has 0 bridgehead atoms. The zero-order chi connectivity index (χ0) is 24.2. The van der Waals surface area contributed by atoms with E-state index in [0.29, 0.717) is 39.9 Å². The van der Waals surface area contributed by atoms with Crippen molar-refractivity contribution in [2.75, 3.05) is 38.7 Å². The second-order valence-corrected chi connectivity index (χ2v) is 7.29. The van der Waals surface area contributed by atoms with Crippen molar-refractivity contribution in [3.63, 3.8) is 0 Å². The van der Waals surface area contributed by atoms with Gasteiger partial charge in [-0.15, -0.1) is 0 Å². The molecule has 3 aromatic carbocycles. The van der Waals surface area contributed by atoms with Crippen LogP contribution in [0.15, 0.2) is 72.4 Å². The molecule has 34 heavy (non-hydrogen) atoms. The van der Waals surface area contributed by atoms with Crippen LogP contribution in [0.5, 0.6) is 23.0 Å². The third-order valence-electron chi connectivity index (χ3n) is 5.44. The van der Waals surface area contributed by atoms with Gasteiger partial charge in [0.05, 0.1) is 45.4 Å². The van der Waals surface area contributed by atoms with E-state index in [9.17, 15) is 9.59 Å². The summed E-state index contributed by atoms with van der Waals surface area (Å²) in [6.07, 6.45) is 0. The summed E-state index contributed by atoms with van der Waals surface area (Å²) < 4.78 is 21.5. The number of carbonyl (C=O) groups is 2. The summed E-state index contributed by atoms with van der Waals surface area (Å²) in [5.74, 6) is 1.02. The standard InChI is InChI=1S/C26H24N2O6/c1-31-17-9-7-8-16(14-17)28-25(29)23(19-10-5-6-11-21(19)33-3)24(26(28)30)27-20-13-12-18(32-2)15-22(20)34-4/h5-15,27H,1-4H3. The molecule has 4 rings (SSSR count). The minimum absolute atomic E-state index is 0.0980. The average molecular weight is 460 g/mol. The van der Waals surface area contributed by atoms with E-state index in [0.717, 1.165) is 4.90 Å². The van der Waals surface area contributed by atoms with Crippen molar-refractivity contribution in [3.05, 3.63) is 78.0 Å². The van der Waals surface area contributed by atoms with E-state index in [-0.39, 0.29) is 11.3 Å². The van der Waals surface area contributed by atoms with Gasteiger partial charge >= 0.3 is 0 Å². The van der Waals surface area contributed by atoms with Crippen molar-refractivity contribution in [1.82, 2.24) is 0 Å². The number of hydrogen-bond acceptors (Lipinski definition) is 7. The van der Waals surface area contributed by atoms with Crippen molar-refractivity contribution >= 4 is 28.8 Å². The minimum atomic E-state index is -0.517. The van der Waals surface area contributed by atoms with Gasteiger partial charge in [0, 0.05) is 17.7 Å². The SMILES string of the molecule is COc1cccc(N2C(=O)C(Nc3ccc(OC)cc3OC)=C(c3ccccc3OC)C2=O)c1. The molecule has 0 saturated heterocycles. The first-order chi connectivity index (χ1) is 16.5. The lowest BCUT2D eigenvalue weighted by atomic mass is 10.0. The zero-order valence-corrected chi connectivity index (χ0v) is 19.2. The molecule has 0 radical (unpaired) electrons. The summed E-state index contributed by atoms with van der Waals surface area (Å²) in [5.41, 5.74) is 1.66. The molecule has 0 spiro atoms. The summed E-state index contributed by atoms with van der Waals surface area (Å²) in [6.45, 7) is 0. The van der Waals surface area contributed by atoms with Crippen molar-refractivity contribution in [3.8, 4) is 23.0 Å². The fraction of sp³-hybridized carbons (Fsp3) is 0.154. The first-order valence-corrected chi connectivity index (χ1v) is 10.4. The Kier molecular flexibility index (Phi) is 6.40. The predicted molar refractivity (Wildman–Crippen MR) is 129 cm³/mol. The Morgan fingerprint density at radius 1 is 0.676 bits per heavy atom. The van der Waals surface area contributed by atoms with Crippen LogP contribution in [-0.4, -0.2) is 40.3 Å². The number of para-hydroxylation sites is 1. The molecule has 8 heteroatoms. The van der Waals surface area contributed by atoms with Crippen LogP contribution in [0.2, 0.25) is 0 Å². The maximum atomic E-state index is 13.7. The van der Waals surface area contributed by atoms with Crippen LogP contribution in [-0.2, 0) is 9.59 Å². The summed E-state index contributed by atoms with van der Waals surface area (Å²) in [6, 6.07) is 19.0. The number of methoxy groups -OCH3 is 4. The molecule has 1 aliphatic heterocycles. The van der Waals surface area contributed by atoms with Crippen LogP contribution in [0.4, 0.5) is 11.4 Å². The van der Waals surface area contributed by atoms with E-state index >= 15 is 0 Å². The fourth-order valence-corrected chi connectivity index (χ4v) is 3.77. The maximum absolute atomic E-state index is 13.7. The number of nitrogens with zero attached hydrogens (tertiary/aromatic N) is 1. The van der Waals surface area contributed by atoms with Crippen molar-refractivity contribution < 1.29 is 28.5 Å². The molecular weight excluding hydrogens is 436 g/mol. The monoisotopic (exact) mass is 460 g/mol. The highest BCUT2D eigenvalue weighted by atomic mass is 16.5. The number of anilines is 2. The van der Waals surface area contributed by atoms with Gasteiger partial charge in [0.15, 0.2) is 0 Å². The number of amides is 2. The molecule has 0 fully saturated rings. The van der Waals surface area contributed by atoms with Gasteiger partial charge in [0.2, 0.25) is 0 Å². The molecule has 8 nitrogen and oxygen atoms in total. The molecule has 174 valence electrons. The van der Waals surface area contributed by atoms with Crippen LogP contribution in [0, 0.1) is 0 Å². The largest absolute Gasteiger partial charge is 0.497 e. The summed E-state index contributed by atoms with van der Waals surface area (Å²) in [7, 11) is 6.10. The molecule has 1 aliphatic rings. The fourth-order valence-electron chi connectivity index (χ4n) is 3.77. The number of rotatable bonds is 8. The van der Waals surface area contributed by atoms with Gasteiger partial charge in [-0.2, -0.15) is 0 Å². The van der Waals surface area contributed by atoms with Gasteiger partial charge in [-0.25, -0.2) is 4.90 Å². The van der Waals surface area contributed by atoms with Crippen LogP contribution in [0.3, 0.4) is 0 Å². The second-order valence-electron chi connectivity index (χ2n) is 7.29. The van der Waals surface area contributed by atoms with Crippen molar-refractivity contribution in [1.29, 1.82) is 0 Å². The second kappa shape index (κ2) is 9.58. The molecule has 0 aliphatic carbocycles. The molecule has 1 heterocycles. The van der Waals surface area contributed by atoms with Crippen molar-refractivity contribution in [2.45, 2.75) is 0 Å². The molecule has 2 amide bonds. The van der Waals surface area contributed by atoms with Crippen LogP contribution < -0.4 is 29.2 Å². The summed E-state index contributed by atoms with van der Waals surface area (Å²) in [4.78, 5) is 28.5. The van der Waals surface area contributed by atoms with Crippen LogP contribution >= 0.6 is 0 Å². The highest BCUT2D eigenvalue weighted by molar-refractivity contribution is 6.46. The van der Waals surface area contributed by atoms with Crippen molar-refractivity contribution in [2.24, 2.45) is 0 Å². The first kappa shape index (κ1) is 22.7. The number of benzene rings is 3. The van der Waals surface area contributed by atoms with Gasteiger partial charge in [-0.1, -0.05) is 24.3 Å². The molecule has 0 atom stereocenters. The normalized spacial score (nSPS) is 13.2. The topological polar surface area (TPSA) is 86.3 Å². The van der Waals surface area contributed by atoms with E-state index in [2.05, 4.69) is 5.32 Å². The molecule has 0 saturated carbocycles. The van der Waals surface area contributed by atoms with Gasteiger partial charge in [0.1, 0.15) is 28.7 Å². The molecule has 3 aromatic rings. The average Bonchev–Trinajstić information content (AvgIpc) is 3.12. The smallest absolute Gasteiger partial charge is 0.282 e. The van der Waals surface area contributed by atoms with E-state index < -0.39 is 11.8 Å². The lowest BCUT2D eigenvalue weighted by molar-refractivity contribution is -0.120. The number of hydrogen-bond donors (Lipinski definition) is 1. The Morgan fingerprint density at radius 2 is 1.38 bits per heavy atom. The Balaban J connectivity index is 1.87. The molecule has 0 aromatic heterocycles. The molecular formula is C26H24N2O6. The van der Waals surface area contributed by atoms with Gasteiger partial charge in [-0.3, -0.25) is 9.59 Å².